The van der Waals surface area contributed by atoms with Gasteiger partial charge in [-0.25, -0.2) is 4.79 Å². The van der Waals surface area contributed by atoms with Crippen LogP contribution in [0.4, 0.5) is 18.9 Å². The maximum Gasteiger partial charge on any atom is 0.490 e. The lowest BCUT2D eigenvalue weighted by molar-refractivity contribution is -0.192. The molecule has 0 saturated carbocycles. The number of halogens is 3. The van der Waals surface area contributed by atoms with Crippen molar-refractivity contribution in [2.45, 2.75) is 25.4 Å². The average molecular weight is 431 g/mol. The fourth-order valence-corrected chi connectivity index (χ4v) is 3.32. The van der Waals surface area contributed by atoms with Crippen molar-refractivity contribution in [2.24, 2.45) is 5.92 Å². The molecule has 31 heavy (non-hydrogen) atoms. The molecule has 162 valence electrons. The van der Waals surface area contributed by atoms with Gasteiger partial charge in [0.1, 0.15) is 0 Å². The van der Waals surface area contributed by atoms with E-state index in [2.05, 4.69) is 33.7 Å². The smallest absolute Gasteiger partial charge is 0.475 e. The van der Waals surface area contributed by atoms with Gasteiger partial charge in [-0.15, -0.1) is 0 Å². The molecule has 1 atom stereocenters. The van der Waals surface area contributed by atoms with E-state index in [0.29, 0.717) is 0 Å². The quantitative estimate of drug-likeness (QED) is 0.571. The number of aryl methyl sites for hydroxylation is 1. The number of benzene rings is 2. The number of carbonyl (C=O) groups is 2. The molecule has 1 heterocycles. The average Bonchev–Trinajstić information content (AvgIpc) is 3.28. The lowest BCUT2D eigenvalue weighted by Crippen LogP contribution is -2.28. The summed E-state index contributed by atoms with van der Waals surface area (Å²) in [6.07, 6.45) is 1.28. The zero-order valence-electron chi connectivity index (χ0n) is 16.3. The first-order chi connectivity index (χ1) is 14.7. The highest BCUT2D eigenvalue weighted by Gasteiger charge is 2.38. The fourth-order valence-electron chi connectivity index (χ4n) is 3.32. The summed E-state index contributed by atoms with van der Waals surface area (Å²) in [6, 6.07) is 16.3. The van der Waals surface area contributed by atoms with Crippen molar-refractivity contribution in [1.82, 2.24) is 10.2 Å². The molecular formula is C22H20F3N3O3. The Morgan fingerprint density at radius 3 is 2.26 bits per heavy atom. The molecule has 1 aromatic heterocycles. The van der Waals surface area contributed by atoms with E-state index in [-0.39, 0.29) is 11.8 Å². The number of carbonyl (C=O) groups excluding carboxylic acids is 1. The number of H-pyrrole nitrogens is 1. The summed E-state index contributed by atoms with van der Waals surface area (Å²) in [5.41, 5.74) is 5.64. The second kappa shape index (κ2) is 9.46. The Morgan fingerprint density at radius 1 is 1.03 bits per heavy atom. The van der Waals surface area contributed by atoms with E-state index in [1.165, 1.54) is 11.1 Å². The number of hydrogen-bond acceptors (Lipinski definition) is 3. The van der Waals surface area contributed by atoms with E-state index in [1.807, 2.05) is 36.5 Å². The highest BCUT2D eigenvalue weighted by molar-refractivity contribution is 5.93. The van der Waals surface area contributed by atoms with Crippen LogP contribution in [0.25, 0.3) is 11.1 Å². The number of amides is 1. The van der Waals surface area contributed by atoms with E-state index in [4.69, 9.17) is 9.90 Å². The molecule has 1 aliphatic carbocycles. The Balaban J connectivity index is 0.000000339. The van der Waals surface area contributed by atoms with Crippen molar-refractivity contribution in [1.29, 1.82) is 0 Å². The number of anilines is 1. The van der Waals surface area contributed by atoms with Crippen LogP contribution in [0.2, 0.25) is 0 Å². The molecule has 0 radical (unpaired) electrons. The van der Waals surface area contributed by atoms with Crippen LogP contribution in [-0.2, 0) is 22.4 Å². The van der Waals surface area contributed by atoms with Crippen molar-refractivity contribution in [3.8, 4) is 11.1 Å². The second-order valence-corrected chi connectivity index (χ2v) is 7.06. The summed E-state index contributed by atoms with van der Waals surface area (Å²) >= 11 is 0. The first kappa shape index (κ1) is 22.1. The molecule has 1 amide bonds. The van der Waals surface area contributed by atoms with Gasteiger partial charge in [-0.2, -0.15) is 18.3 Å². The van der Waals surface area contributed by atoms with Crippen LogP contribution >= 0.6 is 0 Å². The van der Waals surface area contributed by atoms with Crippen molar-refractivity contribution < 1.29 is 27.9 Å². The van der Waals surface area contributed by atoms with E-state index in [1.54, 1.807) is 6.20 Å². The van der Waals surface area contributed by atoms with Gasteiger partial charge in [-0.3, -0.25) is 9.89 Å². The van der Waals surface area contributed by atoms with Crippen molar-refractivity contribution in [3.05, 3.63) is 72.1 Å². The van der Waals surface area contributed by atoms with Gasteiger partial charge >= 0.3 is 12.1 Å². The van der Waals surface area contributed by atoms with Gasteiger partial charge in [-0.05, 0) is 48.1 Å². The molecule has 3 aromatic rings. The van der Waals surface area contributed by atoms with Gasteiger partial charge in [0.25, 0.3) is 0 Å². The molecule has 2 aromatic carbocycles. The van der Waals surface area contributed by atoms with Crippen molar-refractivity contribution in [2.75, 3.05) is 5.32 Å². The molecule has 0 aliphatic heterocycles. The summed E-state index contributed by atoms with van der Waals surface area (Å²) in [7, 11) is 0. The number of fused-ring (bicyclic) bond motifs is 1. The van der Waals surface area contributed by atoms with Crippen molar-refractivity contribution in [3.63, 3.8) is 0 Å². The summed E-state index contributed by atoms with van der Waals surface area (Å²) in [6.45, 7) is 0. The summed E-state index contributed by atoms with van der Waals surface area (Å²) in [5, 5.41) is 16.9. The minimum absolute atomic E-state index is 0.0495. The third kappa shape index (κ3) is 5.94. The molecule has 0 spiro atoms. The normalized spacial score (nSPS) is 15.3. The van der Waals surface area contributed by atoms with E-state index in [9.17, 15) is 18.0 Å². The minimum atomic E-state index is -5.08. The van der Waals surface area contributed by atoms with Crippen molar-refractivity contribution >= 4 is 17.6 Å². The number of nitrogens with zero attached hydrogens (tertiary/aromatic N) is 1. The van der Waals surface area contributed by atoms with Crippen LogP contribution < -0.4 is 5.32 Å². The molecule has 3 N–H and O–H groups in total. The molecule has 0 bridgehead atoms. The SMILES string of the molecule is O=C(Nc1ccc(-c2cn[nH]c2)cc1)C1CCc2ccccc2C1.O=C(O)C(F)(F)F. The first-order valence-electron chi connectivity index (χ1n) is 9.51. The molecule has 0 saturated heterocycles. The number of carboxylic acids is 1. The molecular weight excluding hydrogens is 411 g/mol. The zero-order chi connectivity index (χ0) is 22.4. The number of carboxylic acid groups (broad SMARTS) is 1. The largest absolute Gasteiger partial charge is 0.490 e. The third-order valence-electron chi connectivity index (χ3n) is 4.94. The number of alkyl halides is 3. The Hall–Kier alpha value is -3.62. The topological polar surface area (TPSA) is 95.1 Å². The van der Waals surface area contributed by atoms with Gasteiger partial charge in [0.2, 0.25) is 5.91 Å². The summed E-state index contributed by atoms with van der Waals surface area (Å²) in [5.74, 6) is -2.60. The molecule has 1 aliphatic rings. The van der Waals surface area contributed by atoms with Gasteiger partial charge in [0.15, 0.2) is 0 Å². The third-order valence-corrected chi connectivity index (χ3v) is 4.94. The Labute approximate surface area is 176 Å². The molecule has 0 fully saturated rings. The monoisotopic (exact) mass is 431 g/mol. The Kier molecular flexibility index (Phi) is 6.74. The predicted octanol–water partition coefficient (Wildman–Crippen LogP) is 4.45. The number of nitrogens with one attached hydrogen (secondary N) is 2. The first-order valence-corrected chi connectivity index (χ1v) is 9.51. The Bertz CT molecular complexity index is 1030. The maximum atomic E-state index is 12.6. The van der Waals surface area contributed by atoms with E-state index >= 15 is 0 Å². The highest BCUT2D eigenvalue weighted by Crippen LogP contribution is 2.27. The van der Waals surface area contributed by atoms with Crippen LogP contribution in [-0.4, -0.2) is 33.4 Å². The number of rotatable bonds is 3. The van der Waals surface area contributed by atoms with E-state index < -0.39 is 12.1 Å². The van der Waals surface area contributed by atoms with E-state index in [0.717, 1.165) is 36.1 Å². The zero-order valence-corrected chi connectivity index (χ0v) is 16.3. The van der Waals surface area contributed by atoms with Gasteiger partial charge in [0, 0.05) is 23.4 Å². The number of hydrogen-bond donors (Lipinski definition) is 3. The van der Waals surface area contributed by atoms with Gasteiger partial charge < -0.3 is 10.4 Å². The lowest BCUT2D eigenvalue weighted by atomic mass is 9.83. The van der Waals surface area contributed by atoms with Crippen LogP contribution in [0.15, 0.2) is 60.9 Å². The number of aromatic nitrogens is 2. The molecule has 1 unspecified atom stereocenters. The molecule has 6 nitrogen and oxygen atoms in total. The molecule has 9 heteroatoms. The second-order valence-electron chi connectivity index (χ2n) is 7.06. The lowest BCUT2D eigenvalue weighted by Gasteiger charge is -2.23. The van der Waals surface area contributed by atoms with Gasteiger partial charge in [-0.1, -0.05) is 36.4 Å². The fraction of sp³-hybridized carbons (Fsp3) is 0.227. The van der Waals surface area contributed by atoms with Crippen LogP contribution in [0, 0.1) is 5.92 Å². The highest BCUT2D eigenvalue weighted by atomic mass is 19.4. The maximum absolute atomic E-state index is 12.6. The minimum Gasteiger partial charge on any atom is -0.475 e. The predicted molar refractivity (Wildman–Crippen MR) is 108 cm³/mol. The number of aliphatic carboxylic acids is 1. The van der Waals surface area contributed by atoms with Crippen LogP contribution in [0.3, 0.4) is 0 Å². The summed E-state index contributed by atoms with van der Waals surface area (Å²) in [4.78, 5) is 21.5. The van der Waals surface area contributed by atoms with Crippen LogP contribution in [0.1, 0.15) is 17.5 Å². The van der Waals surface area contributed by atoms with Crippen LogP contribution in [0.5, 0.6) is 0 Å². The summed E-state index contributed by atoms with van der Waals surface area (Å²) < 4.78 is 31.7. The van der Waals surface area contributed by atoms with Gasteiger partial charge in [0.05, 0.1) is 6.20 Å². The Morgan fingerprint density at radius 2 is 1.68 bits per heavy atom. The standard InChI is InChI=1S/C20H19N3O.C2HF3O2/c24-20(17-6-5-14-3-1-2-4-16(14)11-17)23-19-9-7-15(8-10-19)18-12-21-22-13-18;3-2(4,5)1(6)7/h1-4,7-10,12-13,17H,5-6,11H2,(H,21,22)(H,23,24);(H,6,7). The number of aromatic amines is 1. The molecule has 4 rings (SSSR count).